The van der Waals surface area contributed by atoms with Crippen LogP contribution in [0.15, 0.2) is 80.8 Å². The first-order valence-corrected chi connectivity index (χ1v) is 10.6. The number of rotatable bonds is 4. The van der Waals surface area contributed by atoms with Crippen LogP contribution in [0.25, 0.3) is 21.7 Å². The van der Waals surface area contributed by atoms with Gasteiger partial charge in [0.05, 0.1) is 17.4 Å². The maximum Gasteiger partial charge on any atom is 0.336 e. The lowest BCUT2D eigenvalue weighted by molar-refractivity contribution is -0.145. The molecular formula is C24H17NO5S. The second-order valence-corrected chi connectivity index (χ2v) is 8.45. The number of para-hydroxylation sites is 1. The number of fused-ring (bicyclic) bond motifs is 4. The van der Waals surface area contributed by atoms with Crippen molar-refractivity contribution in [2.75, 3.05) is 5.32 Å². The first-order chi connectivity index (χ1) is 15.1. The Bertz CT molecular complexity index is 1390. The number of thioether (sulfide) groups is 1. The minimum absolute atomic E-state index is 0.0645. The smallest absolute Gasteiger partial charge is 0.336 e. The van der Waals surface area contributed by atoms with Crippen LogP contribution >= 0.6 is 11.8 Å². The van der Waals surface area contributed by atoms with Gasteiger partial charge in [-0.2, -0.15) is 0 Å². The molecule has 1 amide bonds. The average molecular weight is 431 g/mol. The maximum absolute atomic E-state index is 12.5. The van der Waals surface area contributed by atoms with Gasteiger partial charge < -0.3 is 14.5 Å². The van der Waals surface area contributed by atoms with Crippen molar-refractivity contribution >= 4 is 51.1 Å². The molecule has 1 aliphatic rings. The summed E-state index contributed by atoms with van der Waals surface area (Å²) >= 11 is 1.34. The number of esters is 1. The molecule has 0 saturated carbocycles. The Hall–Kier alpha value is -3.58. The molecule has 1 aromatic heterocycles. The van der Waals surface area contributed by atoms with Crippen LogP contribution in [-0.2, 0) is 20.9 Å². The van der Waals surface area contributed by atoms with E-state index in [9.17, 15) is 14.4 Å². The standard InChI is InChI=1S/C24H17NO5S/c26-21(12-20-24(28)25-17-7-3-4-8-19(17)31-20)29-13-15-11-22(27)30-18-10-9-14-5-1-2-6-16(14)23(15)18/h1-11,20H,12-13H2,(H,25,28). The van der Waals surface area contributed by atoms with Crippen LogP contribution in [0.3, 0.4) is 0 Å². The van der Waals surface area contributed by atoms with Gasteiger partial charge in [0, 0.05) is 21.9 Å². The van der Waals surface area contributed by atoms with Gasteiger partial charge in [-0.05, 0) is 29.0 Å². The van der Waals surface area contributed by atoms with E-state index in [0.29, 0.717) is 11.1 Å². The first-order valence-electron chi connectivity index (χ1n) is 9.75. The van der Waals surface area contributed by atoms with Gasteiger partial charge in [0.2, 0.25) is 5.91 Å². The molecule has 154 valence electrons. The van der Waals surface area contributed by atoms with Crippen LogP contribution in [0.2, 0.25) is 0 Å². The van der Waals surface area contributed by atoms with E-state index in [0.717, 1.165) is 26.7 Å². The van der Waals surface area contributed by atoms with Crippen LogP contribution < -0.4 is 10.9 Å². The predicted octanol–water partition coefficient (Wildman–Crippen LogP) is 4.49. The molecule has 1 N–H and O–H groups in total. The highest BCUT2D eigenvalue weighted by molar-refractivity contribution is 8.01. The van der Waals surface area contributed by atoms with Crippen LogP contribution in [-0.4, -0.2) is 17.1 Å². The zero-order valence-corrected chi connectivity index (χ0v) is 17.1. The largest absolute Gasteiger partial charge is 0.461 e. The zero-order valence-electron chi connectivity index (χ0n) is 16.3. The minimum Gasteiger partial charge on any atom is -0.461 e. The summed E-state index contributed by atoms with van der Waals surface area (Å²) in [5.41, 5.74) is 1.25. The number of benzene rings is 3. The third kappa shape index (κ3) is 3.80. The Morgan fingerprint density at radius 1 is 1.03 bits per heavy atom. The summed E-state index contributed by atoms with van der Waals surface area (Å²) in [4.78, 5) is 37.8. The number of anilines is 1. The van der Waals surface area contributed by atoms with Crippen molar-refractivity contribution in [2.24, 2.45) is 0 Å². The monoisotopic (exact) mass is 431 g/mol. The molecule has 4 aromatic rings. The van der Waals surface area contributed by atoms with Gasteiger partial charge in [-0.3, -0.25) is 9.59 Å². The summed E-state index contributed by atoms with van der Waals surface area (Å²) in [6.07, 6.45) is -0.0645. The summed E-state index contributed by atoms with van der Waals surface area (Å²) in [5, 5.41) is 4.89. The van der Waals surface area contributed by atoms with Gasteiger partial charge in [-0.15, -0.1) is 11.8 Å². The highest BCUT2D eigenvalue weighted by atomic mass is 32.2. The molecule has 0 spiro atoms. The Balaban J connectivity index is 1.36. The highest BCUT2D eigenvalue weighted by Gasteiger charge is 2.29. The molecule has 0 radical (unpaired) electrons. The fourth-order valence-electron chi connectivity index (χ4n) is 3.73. The number of carbonyl (C=O) groups excluding carboxylic acids is 2. The fourth-order valence-corrected chi connectivity index (χ4v) is 4.82. The van der Waals surface area contributed by atoms with E-state index >= 15 is 0 Å². The molecule has 0 fully saturated rings. The summed E-state index contributed by atoms with van der Waals surface area (Å²) in [6.45, 7) is -0.0788. The van der Waals surface area contributed by atoms with Gasteiger partial charge in [0.1, 0.15) is 12.2 Å². The number of amides is 1. The van der Waals surface area contributed by atoms with Crippen molar-refractivity contribution in [2.45, 2.75) is 23.2 Å². The molecule has 1 aliphatic heterocycles. The molecule has 1 unspecified atom stereocenters. The zero-order chi connectivity index (χ0) is 21.4. The lowest BCUT2D eigenvalue weighted by Crippen LogP contribution is -2.31. The molecular weight excluding hydrogens is 414 g/mol. The lowest BCUT2D eigenvalue weighted by atomic mass is 10.0. The summed E-state index contributed by atoms with van der Waals surface area (Å²) < 4.78 is 10.8. The third-order valence-corrected chi connectivity index (χ3v) is 6.44. The van der Waals surface area contributed by atoms with Crippen molar-refractivity contribution in [1.82, 2.24) is 0 Å². The van der Waals surface area contributed by atoms with Gasteiger partial charge in [0.25, 0.3) is 0 Å². The second-order valence-electron chi connectivity index (χ2n) is 7.21. The van der Waals surface area contributed by atoms with Crippen molar-refractivity contribution in [3.63, 3.8) is 0 Å². The molecule has 0 saturated heterocycles. The highest BCUT2D eigenvalue weighted by Crippen LogP contribution is 2.36. The molecule has 2 heterocycles. The SMILES string of the molecule is O=C(CC1Sc2ccccc2NC1=O)OCc1cc(=O)oc2ccc3ccccc3c12. The minimum atomic E-state index is -0.569. The van der Waals surface area contributed by atoms with Crippen LogP contribution in [0.5, 0.6) is 0 Å². The van der Waals surface area contributed by atoms with Crippen molar-refractivity contribution < 1.29 is 18.7 Å². The van der Waals surface area contributed by atoms with E-state index in [4.69, 9.17) is 9.15 Å². The van der Waals surface area contributed by atoms with Crippen molar-refractivity contribution in [3.05, 3.63) is 82.7 Å². The molecule has 0 bridgehead atoms. The van der Waals surface area contributed by atoms with Crippen molar-refractivity contribution in [3.8, 4) is 0 Å². The first kappa shape index (κ1) is 19.4. The third-order valence-electron chi connectivity index (χ3n) is 5.16. The normalized spacial score (nSPS) is 15.5. The summed E-state index contributed by atoms with van der Waals surface area (Å²) in [6, 6.07) is 20.2. The van der Waals surface area contributed by atoms with Crippen molar-refractivity contribution in [1.29, 1.82) is 0 Å². The number of ether oxygens (including phenoxy) is 1. The van der Waals surface area contributed by atoms with Crippen LogP contribution in [0.4, 0.5) is 5.69 Å². The lowest BCUT2D eigenvalue weighted by Gasteiger charge is -2.23. The van der Waals surface area contributed by atoms with E-state index in [1.54, 1.807) is 6.07 Å². The quantitative estimate of drug-likeness (QED) is 0.291. The van der Waals surface area contributed by atoms with Gasteiger partial charge in [-0.1, -0.05) is 42.5 Å². The molecule has 6 nitrogen and oxygen atoms in total. The second kappa shape index (κ2) is 7.92. The number of hydrogen-bond acceptors (Lipinski definition) is 6. The van der Waals surface area contributed by atoms with Gasteiger partial charge >= 0.3 is 11.6 Å². The molecule has 7 heteroatoms. The predicted molar refractivity (Wildman–Crippen MR) is 119 cm³/mol. The molecule has 5 rings (SSSR count). The topological polar surface area (TPSA) is 85.6 Å². The molecule has 3 aromatic carbocycles. The van der Waals surface area contributed by atoms with E-state index < -0.39 is 16.8 Å². The van der Waals surface area contributed by atoms with E-state index in [1.165, 1.54) is 17.8 Å². The fraction of sp³-hybridized carbons (Fsp3) is 0.125. The number of nitrogens with one attached hydrogen (secondary N) is 1. The number of carbonyl (C=O) groups is 2. The Morgan fingerprint density at radius 3 is 2.74 bits per heavy atom. The summed E-state index contributed by atoms with van der Waals surface area (Å²) in [5.74, 6) is -0.730. The van der Waals surface area contributed by atoms with E-state index in [-0.39, 0.29) is 18.9 Å². The summed E-state index contributed by atoms with van der Waals surface area (Å²) in [7, 11) is 0. The Kier molecular flexibility index (Phi) is 4.95. The van der Waals surface area contributed by atoms with E-state index in [1.807, 2.05) is 54.6 Å². The average Bonchev–Trinajstić information content (AvgIpc) is 2.77. The molecule has 0 aliphatic carbocycles. The van der Waals surface area contributed by atoms with Gasteiger partial charge in [-0.25, -0.2) is 4.79 Å². The maximum atomic E-state index is 12.5. The Labute approximate surface area is 181 Å². The van der Waals surface area contributed by atoms with E-state index in [2.05, 4.69) is 5.32 Å². The van der Waals surface area contributed by atoms with Crippen LogP contribution in [0, 0.1) is 0 Å². The molecule has 1 atom stereocenters. The molecule has 31 heavy (non-hydrogen) atoms. The number of hydrogen-bond donors (Lipinski definition) is 1. The van der Waals surface area contributed by atoms with Gasteiger partial charge in [0.15, 0.2) is 0 Å². The Morgan fingerprint density at radius 2 is 1.84 bits per heavy atom. The van der Waals surface area contributed by atoms with Crippen LogP contribution in [0.1, 0.15) is 12.0 Å².